The molecule has 0 saturated carbocycles. The first-order valence-electron chi connectivity index (χ1n) is 6.31. The van der Waals surface area contributed by atoms with E-state index in [4.69, 9.17) is 0 Å². The van der Waals surface area contributed by atoms with Crippen molar-refractivity contribution in [3.8, 4) is 11.3 Å². The molecule has 0 radical (unpaired) electrons. The predicted molar refractivity (Wildman–Crippen MR) is 73.0 cm³/mol. The molecule has 0 aliphatic heterocycles. The Morgan fingerprint density at radius 3 is 2.35 bits per heavy atom. The van der Waals surface area contributed by atoms with E-state index in [0.29, 0.717) is 0 Å². The summed E-state index contributed by atoms with van der Waals surface area (Å²) in [7, 11) is 0. The van der Waals surface area contributed by atoms with Gasteiger partial charge in [-0.15, -0.1) is 0 Å². The Balaban J connectivity index is 2.14. The summed E-state index contributed by atoms with van der Waals surface area (Å²) in [6.07, 6.45) is 5.62. The van der Waals surface area contributed by atoms with Gasteiger partial charge in [0.1, 0.15) is 0 Å². The Hall–Kier alpha value is -1.63. The van der Waals surface area contributed by atoms with Crippen molar-refractivity contribution in [2.45, 2.75) is 33.1 Å². The first kappa shape index (κ1) is 11.8. The second-order valence-electron chi connectivity index (χ2n) is 4.52. The SMILES string of the molecule is CCCCc1ccc(-c2ccc(C)cc2)nc1. The summed E-state index contributed by atoms with van der Waals surface area (Å²) in [4.78, 5) is 4.53. The minimum absolute atomic E-state index is 1.06. The summed E-state index contributed by atoms with van der Waals surface area (Å²) in [5.41, 5.74) is 4.87. The van der Waals surface area contributed by atoms with Crippen molar-refractivity contribution in [3.05, 3.63) is 53.7 Å². The van der Waals surface area contributed by atoms with Crippen molar-refractivity contribution >= 4 is 0 Å². The number of hydrogen-bond donors (Lipinski definition) is 0. The molecule has 0 amide bonds. The van der Waals surface area contributed by atoms with Crippen LogP contribution in [-0.4, -0.2) is 4.98 Å². The van der Waals surface area contributed by atoms with E-state index in [0.717, 1.165) is 12.1 Å². The highest BCUT2D eigenvalue weighted by Gasteiger charge is 1.99. The van der Waals surface area contributed by atoms with Crippen molar-refractivity contribution in [1.29, 1.82) is 0 Å². The number of rotatable bonds is 4. The van der Waals surface area contributed by atoms with Crippen LogP contribution < -0.4 is 0 Å². The standard InChI is InChI=1S/C16H19N/c1-3-4-5-14-8-11-16(17-12-14)15-9-6-13(2)7-10-15/h6-12H,3-5H2,1-2H3. The summed E-state index contributed by atoms with van der Waals surface area (Å²) < 4.78 is 0. The van der Waals surface area contributed by atoms with Gasteiger partial charge in [-0.25, -0.2) is 0 Å². The number of aromatic nitrogens is 1. The molecule has 1 aromatic carbocycles. The van der Waals surface area contributed by atoms with E-state index in [-0.39, 0.29) is 0 Å². The van der Waals surface area contributed by atoms with E-state index in [9.17, 15) is 0 Å². The van der Waals surface area contributed by atoms with E-state index >= 15 is 0 Å². The van der Waals surface area contributed by atoms with E-state index < -0.39 is 0 Å². The van der Waals surface area contributed by atoms with Crippen LogP contribution in [0.1, 0.15) is 30.9 Å². The monoisotopic (exact) mass is 225 g/mol. The van der Waals surface area contributed by atoms with Crippen molar-refractivity contribution in [2.24, 2.45) is 0 Å². The first-order valence-corrected chi connectivity index (χ1v) is 6.31. The molecule has 0 unspecified atom stereocenters. The molecule has 0 bridgehead atoms. The normalized spacial score (nSPS) is 10.5. The largest absolute Gasteiger partial charge is 0.256 e. The van der Waals surface area contributed by atoms with Gasteiger partial charge in [0.05, 0.1) is 5.69 Å². The minimum Gasteiger partial charge on any atom is -0.256 e. The lowest BCUT2D eigenvalue weighted by Crippen LogP contribution is -1.88. The fourth-order valence-corrected chi connectivity index (χ4v) is 1.85. The molecule has 0 fully saturated rings. The molecule has 1 heteroatoms. The smallest absolute Gasteiger partial charge is 0.0702 e. The molecular formula is C16H19N. The molecule has 0 saturated heterocycles. The molecule has 1 heterocycles. The van der Waals surface area contributed by atoms with Crippen LogP contribution in [0, 0.1) is 6.92 Å². The van der Waals surface area contributed by atoms with Crippen LogP contribution in [0.15, 0.2) is 42.6 Å². The van der Waals surface area contributed by atoms with E-state index in [1.54, 1.807) is 0 Å². The highest BCUT2D eigenvalue weighted by molar-refractivity contribution is 5.59. The Kier molecular flexibility index (Phi) is 3.92. The number of hydrogen-bond acceptors (Lipinski definition) is 1. The van der Waals surface area contributed by atoms with Crippen LogP contribution >= 0.6 is 0 Å². The molecule has 2 rings (SSSR count). The zero-order chi connectivity index (χ0) is 12.1. The molecule has 17 heavy (non-hydrogen) atoms. The third kappa shape index (κ3) is 3.16. The molecule has 0 spiro atoms. The van der Waals surface area contributed by atoms with Gasteiger partial charge < -0.3 is 0 Å². The van der Waals surface area contributed by atoms with Crippen molar-refractivity contribution in [1.82, 2.24) is 4.98 Å². The van der Waals surface area contributed by atoms with Gasteiger partial charge in [-0.1, -0.05) is 49.2 Å². The van der Waals surface area contributed by atoms with Gasteiger partial charge in [-0.3, -0.25) is 4.98 Å². The van der Waals surface area contributed by atoms with Crippen molar-refractivity contribution in [3.63, 3.8) is 0 Å². The molecule has 1 nitrogen and oxygen atoms in total. The zero-order valence-corrected chi connectivity index (χ0v) is 10.6. The van der Waals surface area contributed by atoms with Crippen LogP contribution in [0.25, 0.3) is 11.3 Å². The number of nitrogens with zero attached hydrogens (tertiary/aromatic N) is 1. The number of unbranched alkanes of at least 4 members (excludes halogenated alkanes) is 1. The van der Waals surface area contributed by atoms with Gasteiger partial charge in [-0.2, -0.15) is 0 Å². The van der Waals surface area contributed by atoms with Gasteiger partial charge in [-0.05, 0) is 31.4 Å². The third-order valence-electron chi connectivity index (χ3n) is 2.99. The van der Waals surface area contributed by atoms with Crippen LogP contribution in [-0.2, 0) is 6.42 Å². The number of aryl methyl sites for hydroxylation is 2. The van der Waals surface area contributed by atoms with Crippen LogP contribution in [0.2, 0.25) is 0 Å². The topological polar surface area (TPSA) is 12.9 Å². The average molecular weight is 225 g/mol. The van der Waals surface area contributed by atoms with Gasteiger partial charge in [0.2, 0.25) is 0 Å². The molecule has 2 aromatic rings. The third-order valence-corrected chi connectivity index (χ3v) is 2.99. The number of pyridine rings is 1. The molecular weight excluding hydrogens is 206 g/mol. The fourth-order valence-electron chi connectivity index (χ4n) is 1.85. The summed E-state index contributed by atoms with van der Waals surface area (Å²) in [5, 5.41) is 0. The second-order valence-corrected chi connectivity index (χ2v) is 4.52. The summed E-state index contributed by atoms with van der Waals surface area (Å²) in [6, 6.07) is 12.8. The predicted octanol–water partition coefficient (Wildman–Crippen LogP) is 4.40. The Bertz CT molecular complexity index is 454. The van der Waals surface area contributed by atoms with Crippen LogP contribution in [0.4, 0.5) is 0 Å². The highest BCUT2D eigenvalue weighted by atomic mass is 14.7. The Labute approximate surface area is 104 Å². The zero-order valence-electron chi connectivity index (χ0n) is 10.6. The van der Waals surface area contributed by atoms with E-state index in [1.165, 1.54) is 29.5 Å². The van der Waals surface area contributed by atoms with Gasteiger partial charge in [0.25, 0.3) is 0 Å². The van der Waals surface area contributed by atoms with E-state index in [1.807, 2.05) is 6.20 Å². The molecule has 88 valence electrons. The number of benzene rings is 1. The Morgan fingerprint density at radius 2 is 1.76 bits per heavy atom. The summed E-state index contributed by atoms with van der Waals surface area (Å²) >= 11 is 0. The van der Waals surface area contributed by atoms with Gasteiger partial charge in [0.15, 0.2) is 0 Å². The van der Waals surface area contributed by atoms with Gasteiger partial charge >= 0.3 is 0 Å². The average Bonchev–Trinajstić information content (AvgIpc) is 2.38. The quantitative estimate of drug-likeness (QED) is 0.751. The lowest BCUT2D eigenvalue weighted by molar-refractivity contribution is 0.792. The first-order chi connectivity index (χ1) is 8.29. The van der Waals surface area contributed by atoms with Crippen molar-refractivity contribution < 1.29 is 0 Å². The molecule has 0 aliphatic rings. The highest BCUT2D eigenvalue weighted by Crippen LogP contribution is 2.18. The minimum atomic E-state index is 1.06. The second kappa shape index (κ2) is 5.62. The van der Waals surface area contributed by atoms with E-state index in [2.05, 4.69) is 55.2 Å². The van der Waals surface area contributed by atoms with Crippen molar-refractivity contribution in [2.75, 3.05) is 0 Å². The lowest BCUT2D eigenvalue weighted by Gasteiger charge is -2.03. The Morgan fingerprint density at radius 1 is 1.00 bits per heavy atom. The molecule has 0 N–H and O–H groups in total. The maximum Gasteiger partial charge on any atom is 0.0702 e. The molecule has 1 aromatic heterocycles. The maximum absolute atomic E-state index is 4.53. The summed E-state index contributed by atoms with van der Waals surface area (Å²) in [5.74, 6) is 0. The lowest BCUT2D eigenvalue weighted by atomic mass is 10.1. The maximum atomic E-state index is 4.53. The van der Waals surface area contributed by atoms with Gasteiger partial charge in [0, 0.05) is 11.8 Å². The molecule has 0 aliphatic carbocycles. The fraction of sp³-hybridized carbons (Fsp3) is 0.312. The van der Waals surface area contributed by atoms with Crippen LogP contribution in [0.3, 0.4) is 0 Å². The molecule has 0 atom stereocenters. The summed E-state index contributed by atoms with van der Waals surface area (Å²) in [6.45, 7) is 4.32. The van der Waals surface area contributed by atoms with Crippen LogP contribution in [0.5, 0.6) is 0 Å².